The average molecular weight is 498 g/mol. The van der Waals surface area contributed by atoms with Crippen LogP contribution in [0.4, 0.5) is 22.0 Å². The van der Waals surface area contributed by atoms with E-state index in [1.165, 1.54) is 30.5 Å². The Kier molecular flexibility index (Phi) is 9.31. The molecule has 0 amide bonds. The summed E-state index contributed by atoms with van der Waals surface area (Å²) in [6.45, 7) is 8.84. The molecule has 1 aromatic heterocycles. The van der Waals surface area contributed by atoms with Gasteiger partial charge in [0.1, 0.15) is 12.4 Å². The lowest BCUT2D eigenvalue weighted by Crippen LogP contribution is -2.52. The van der Waals surface area contributed by atoms with E-state index in [0.29, 0.717) is 5.56 Å². The fraction of sp³-hybridized carbons (Fsp3) is 0.400. The SMILES string of the molecule is C=Cc1ccc(C(=O)OC(C(F)(F)F)C(F)(F)S(=O)(=O)[O-])cc1.CCCn1cc[n+](C)c1C. The van der Waals surface area contributed by atoms with E-state index in [9.17, 15) is 39.7 Å². The third-order valence-electron chi connectivity index (χ3n) is 4.40. The monoisotopic (exact) mass is 498 g/mol. The highest BCUT2D eigenvalue weighted by Crippen LogP contribution is 2.38. The van der Waals surface area contributed by atoms with Crippen LogP contribution >= 0.6 is 0 Å². The Morgan fingerprint density at radius 1 is 1.24 bits per heavy atom. The second kappa shape index (κ2) is 10.9. The fourth-order valence-electron chi connectivity index (χ4n) is 2.46. The van der Waals surface area contributed by atoms with Gasteiger partial charge in [-0.05, 0) is 24.1 Å². The number of esters is 1. The molecule has 0 N–H and O–H groups in total. The predicted molar refractivity (Wildman–Crippen MR) is 107 cm³/mol. The summed E-state index contributed by atoms with van der Waals surface area (Å²) in [6.07, 6.45) is -3.65. The molecule has 1 unspecified atom stereocenters. The van der Waals surface area contributed by atoms with Crippen LogP contribution < -0.4 is 4.57 Å². The van der Waals surface area contributed by atoms with Gasteiger partial charge in [0.2, 0.25) is 0 Å². The summed E-state index contributed by atoms with van der Waals surface area (Å²) in [6, 6.07) is 4.37. The Labute approximate surface area is 187 Å². The van der Waals surface area contributed by atoms with Crippen LogP contribution in [-0.2, 0) is 28.4 Å². The first-order chi connectivity index (χ1) is 15.1. The number of aryl methyl sites for hydroxylation is 2. The molecule has 0 saturated heterocycles. The molecule has 0 aliphatic rings. The number of carbonyl (C=O) groups excluding carboxylic acids is 1. The van der Waals surface area contributed by atoms with E-state index in [0.717, 1.165) is 18.7 Å². The van der Waals surface area contributed by atoms with Gasteiger partial charge in [0.25, 0.3) is 11.9 Å². The largest absolute Gasteiger partial charge is 0.743 e. The zero-order valence-corrected chi connectivity index (χ0v) is 18.8. The molecule has 1 heterocycles. The highest BCUT2D eigenvalue weighted by atomic mass is 32.2. The van der Waals surface area contributed by atoms with Gasteiger partial charge in [-0.3, -0.25) is 0 Å². The second-order valence-corrected chi connectivity index (χ2v) is 8.27. The number of hydrogen-bond donors (Lipinski definition) is 0. The van der Waals surface area contributed by atoms with Crippen LogP contribution in [0.25, 0.3) is 6.08 Å². The Morgan fingerprint density at radius 2 is 1.79 bits per heavy atom. The zero-order valence-electron chi connectivity index (χ0n) is 18.0. The molecule has 13 heteroatoms. The van der Waals surface area contributed by atoms with Gasteiger partial charge < -0.3 is 9.29 Å². The molecule has 0 spiro atoms. The number of rotatable bonds is 7. The van der Waals surface area contributed by atoms with Crippen LogP contribution in [0.3, 0.4) is 0 Å². The molecular formula is C20H23F5N2O5S. The molecule has 1 atom stereocenters. The summed E-state index contributed by atoms with van der Waals surface area (Å²) >= 11 is 0. The van der Waals surface area contributed by atoms with Crippen molar-refractivity contribution >= 4 is 22.2 Å². The summed E-state index contributed by atoms with van der Waals surface area (Å²) in [7, 11) is -4.65. The van der Waals surface area contributed by atoms with E-state index in [1.807, 2.05) is 0 Å². The minimum Gasteiger partial charge on any atom is -0.743 e. The second-order valence-electron chi connectivity index (χ2n) is 6.82. The highest BCUT2D eigenvalue weighted by Gasteiger charge is 2.63. The van der Waals surface area contributed by atoms with E-state index in [-0.39, 0.29) is 0 Å². The smallest absolute Gasteiger partial charge is 0.432 e. The van der Waals surface area contributed by atoms with Crippen LogP contribution in [0.1, 0.15) is 35.1 Å². The first kappa shape index (κ1) is 28.2. The first-order valence-corrected chi connectivity index (χ1v) is 10.8. The standard InChI is InChI=1S/C12H9F5O5S.C8H15N2/c1-2-7-3-5-8(6-4-7)9(18)22-10(11(13,14)15)12(16,17)23(19,20)21;1-4-5-10-7-6-9(3)8(10)2/h2-6,10H,1H2,(H,19,20,21);6-7H,4-5H2,1-3H3/q;+1/p-1. The van der Waals surface area contributed by atoms with Crippen LogP contribution in [0.5, 0.6) is 0 Å². The Bertz CT molecular complexity index is 1060. The van der Waals surface area contributed by atoms with Crippen molar-refractivity contribution in [1.82, 2.24) is 4.57 Å². The van der Waals surface area contributed by atoms with E-state index in [1.54, 1.807) is 0 Å². The number of alkyl halides is 5. The maximum atomic E-state index is 13.2. The van der Waals surface area contributed by atoms with Crippen molar-refractivity contribution in [2.24, 2.45) is 7.05 Å². The molecule has 0 radical (unpaired) electrons. The summed E-state index contributed by atoms with van der Waals surface area (Å²) in [5, 5.41) is -5.87. The van der Waals surface area contributed by atoms with Gasteiger partial charge in [0.15, 0.2) is 10.1 Å². The van der Waals surface area contributed by atoms with Crippen LogP contribution in [0.15, 0.2) is 43.2 Å². The number of benzene rings is 1. The minimum atomic E-state index is -6.72. The van der Waals surface area contributed by atoms with Crippen LogP contribution in [0, 0.1) is 6.92 Å². The normalized spacial score (nSPS) is 13.0. The van der Waals surface area contributed by atoms with E-state index < -0.39 is 39.2 Å². The summed E-state index contributed by atoms with van der Waals surface area (Å²) in [4.78, 5) is 11.5. The molecule has 0 aliphatic heterocycles. The number of nitrogens with zero attached hydrogens (tertiary/aromatic N) is 2. The first-order valence-electron chi connectivity index (χ1n) is 9.41. The summed E-state index contributed by atoms with van der Waals surface area (Å²) in [5.41, 5.74) is -0.0784. The maximum Gasteiger partial charge on any atom is 0.432 e. The number of halogens is 5. The summed E-state index contributed by atoms with van der Waals surface area (Å²) in [5.74, 6) is -0.548. The number of hydrogen-bond acceptors (Lipinski definition) is 5. The van der Waals surface area contributed by atoms with E-state index in [2.05, 4.69) is 53.7 Å². The lowest BCUT2D eigenvalue weighted by molar-refractivity contribution is -0.677. The average Bonchev–Trinajstić information content (AvgIpc) is 3.03. The van der Waals surface area contributed by atoms with Gasteiger partial charge in [-0.15, -0.1) is 0 Å². The Morgan fingerprint density at radius 3 is 2.15 bits per heavy atom. The van der Waals surface area contributed by atoms with Crippen LogP contribution in [0.2, 0.25) is 0 Å². The van der Waals surface area contributed by atoms with Crippen molar-refractivity contribution in [3.63, 3.8) is 0 Å². The molecule has 33 heavy (non-hydrogen) atoms. The molecule has 7 nitrogen and oxygen atoms in total. The van der Waals surface area contributed by atoms with Gasteiger partial charge in [-0.2, -0.15) is 22.0 Å². The molecule has 184 valence electrons. The van der Waals surface area contributed by atoms with Crippen molar-refractivity contribution in [2.45, 2.75) is 44.3 Å². The van der Waals surface area contributed by atoms with Crippen LogP contribution in [-0.4, -0.2) is 41.0 Å². The van der Waals surface area contributed by atoms with E-state index >= 15 is 0 Å². The lowest BCUT2D eigenvalue weighted by Gasteiger charge is -2.29. The molecule has 0 fully saturated rings. The lowest BCUT2D eigenvalue weighted by atomic mass is 10.1. The maximum absolute atomic E-state index is 13.2. The zero-order chi connectivity index (χ0) is 25.6. The van der Waals surface area contributed by atoms with Crippen molar-refractivity contribution in [1.29, 1.82) is 0 Å². The molecule has 0 bridgehead atoms. The van der Waals surface area contributed by atoms with Gasteiger partial charge in [0, 0.05) is 6.92 Å². The van der Waals surface area contributed by atoms with Crippen molar-refractivity contribution in [3.05, 3.63) is 60.2 Å². The van der Waals surface area contributed by atoms with Crippen molar-refractivity contribution in [3.8, 4) is 0 Å². The molecule has 2 aromatic rings. The molecule has 1 aromatic carbocycles. The van der Waals surface area contributed by atoms with E-state index in [4.69, 9.17) is 0 Å². The molecule has 2 rings (SSSR count). The number of ether oxygens (including phenoxy) is 1. The predicted octanol–water partition coefficient (Wildman–Crippen LogP) is 3.59. The topological polar surface area (TPSA) is 92.3 Å². The third kappa shape index (κ3) is 7.35. The number of imidazole rings is 1. The molecule has 0 aliphatic carbocycles. The summed E-state index contributed by atoms with van der Waals surface area (Å²) < 4.78 is 103. The third-order valence-corrected chi connectivity index (χ3v) is 5.28. The van der Waals surface area contributed by atoms with Crippen molar-refractivity contribution < 1.29 is 49.0 Å². The van der Waals surface area contributed by atoms with Crippen molar-refractivity contribution in [2.75, 3.05) is 0 Å². The Balaban J connectivity index is 0.000000451. The quantitative estimate of drug-likeness (QED) is 0.252. The fourth-order valence-corrected chi connectivity index (χ4v) is 2.91. The van der Waals surface area contributed by atoms with Gasteiger partial charge in [-0.1, -0.05) is 31.7 Å². The van der Waals surface area contributed by atoms with Gasteiger partial charge in [-0.25, -0.2) is 22.3 Å². The minimum absolute atomic E-state index is 0.474. The Hall–Kier alpha value is -2.80. The molecular weight excluding hydrogens is 475 g/mol. The van der Waals surface area contributed by atoms with Gasteiger partial charge in [0.05, 0.1) is 19.2 Å². The highest BCUT2D eigenvalue weighted by molar-refractivity contribution is 7.86. The molecule has 0 saturated carbocycles. The van der Waals surface area contributed by atoms with Gasteiger partial charge >= 0.3 is 17.4 Å². The number of aromatic nitrogens is 2. The number of carbonyl (C=O) groups is 1.